The van der Waals surface area contributed by atoms with Crippen molar-refractivity contribution >= 4 is 11.7 Å². The van der Waals surface area contributed by atoms with E-state index in [9.17, 15) is 4.79 Å². The van der Waals surface area contributed by atoms with Crippen molar-refractivity contribution in [2.24, 2.45) is 0 Å². The van der Waals surface area contributed by atoms with Crippen molar-refractivity contribution in [3.05, 3.63) is 66.4 Å². The first kappa shape index (κ1) is 14.4. The second-order valence-electron chi connectivity index (χ2n) is 5.64. The zero-order chi connectivity index (χ0) is 16.5. The third-order valence-electron chi connectivity index (χ3n) is 4.22. The molecule has 0 fully saturated rings. The summed E-state index contributed by atoms with van der Waals surface area (Å²) in [6.45, 7) is 0. The van der Waals surface area contributed by atoms with Gasteiger partial charge in [-0.3, -0.25) is 14.3 Å². The molecule has 0 spiro atoms. The average Bonchev–Trinajstić information content (AvgIpc) is 3.05. The minimum atomic E-state index is -0.0717. The molecule has 24 heavy (non-hydrogen) atoms. The number of fused-ring (bicyclic) bond motifs is 1. The molecule has 6 heteroatoms. The number of hydrogen-bond acceptors (Lipinski definition) is 4. The minimum absolute atomic E-state index is 0.0195. The molecule has 0 saturated heterocycles. The molecule has 120 valence electrons. The number of carbonyl (C=O) groups is 1. The molecular formula is C18H16N4O2. The lowest BCUT2D eigenvalue weighted by Crippen LogP contribution is -2.24. The van der Waals surface area contributed by atoms with Crippen LogP contribution >= 0.6 is 0 Å². The van der Waals surface area contributed by atoms with Crippen molar-refractivity contribution in [2.45, 2.75) is 12.3 Å². The van der Waals surface area contributed by atoms with Gasteiger partial charge in [-0.25, -0.2) is 4.98 Å². The fraction of sp³-hybridized carbons (Fsp3) is 0.167. The van der Waals surface area contributed by atoms with Crippen LogP contribution in [0.2, 0.25) is 0 Å². The van der Waals surface area contributed by atoms with Crippen LogP contribution in [0, 0.1) is 0 Å². The van der Waals surface area contributed by atoms with Gasteiger partial charge in [0.2, 0.25) is 5.91 Å². The van der Waals surface area contributed by atoms with E-state index in [1.807, 2.05) is 41.0 Å². The van der Waals surface area contributed by atoms with Gasteiger partial charge < -0.3 is 10.1 Å². The van der Waals surface area contributed by atoms with Crippen LogP contribution in [0.5, 0.6) is 5.75 Å². The van der Waals surface area contributed by atoms with Gasteiger partial charge in [-0.15, -0.1) is 0 Å². The summed E-state index contributed by atoms with van der Waals surface area (Å²) in [6, 6.07) is 11.6. The molecule has 0 saturated carbocycles. The van der Waals surface area contributed by atoms with Crippen LogP contribution in [-0.4, -0.2) is 27.6 Å². The molecule has 0 radical (unpaired) electrons. The number of nitrogens with zero attached hydrogens (tertiary/aromatic N) is 3. The van der Waals surface area contributed by atoms with Crippen LogP contribution in [-0.2, 0) is 4.79 Å². The molecule has 0 unspecified atom stereocenters. The van der Waals surface area contributed by atoms with Gasteiger partial charge in [0, 0.05) is 18.5 Å². The third-order valence-corrected chi connectivity index (χ3v) is 4.22. The van der Waals surface area contributed by atoms with E-state index in [4.69, 9.17) is 4.74 Å². The third kappa shape index (κ3) is 2.42. The number of rotatable bonds is 3. The summed E-state index contributed by atoms with van der Waals surface area (Å²) in [5.41, 5.74) is 2.77. The molecule has 0 aliphatic carbocycles. The Bertz CT molecular complexity index is 872. The number of nitrogens with one attached hydrogen (secondary N) is 1. The van der Waals surface area contributed by atoms with Crippen molar-refractivity contribution in [3.8, 4) is 11.4 Å². The smallest absolute Gasteiger partial charge is 0.226 e. The molecule has 1 amide bonds. The first-order valence-corrected chi connectivity index (χ1v) is 7.67. The number of ether oxygens (including phenoxy) is 1. The average molecular weight is 320 g/mol. The Morgan fingerprint density at radius 1 is 1.25 bits per heavy atom. The van der Waals surface area contributed by atoms with E-state index in [1.165, 1.54) is 0 Å². The Balaban J connectivity index is 1.78. The van der Waals surface area contributed by atoms with Crippen LogP contribution in [0.3, 0.4) is 0 Å². The van der Waals surface area contributed by atoms with E-state index in [2.05, 4.69) is 15.3 Å². The number of hydrogen-bond donors (Lipinski definition) is 1. The highest BCUT2D eigenvalue weighted by molar-refractivity contribution is 5.94. The molecule has 4 rings (SSSR count). The summed E-state index contributed by atoms with van der Waals surface area (Å²) in [6.07, 6.45) is 5.56. The van der Waals surface area contributed by atoms with Gasteiger partial charge in [0.25, 0.3) is 0 Å². The quantitative estimate of drug-likeness (QED) is 0.805. The Morgan fingerprint density at radius 2 is 2.08 bits per heavy atom. The molecular weight excluding hydrogens is 304 g/mol. The van der Waals surface area contributed by atoms with E-state index in [1.54, 1.807) is 25.8 Å². The summed E-state index contributed by atoms with van der Waals surface area (Å²) in [4.78, 5) is 20.9. The van der Waals surface area contributed by atoms with Gasteiger partial charge in [0.1, 0.15) is 17.9 Å². The Kier molecular flexibility index (Phi) is 3.49. The van der Waals surface area contributed by atoms with Gasteiger partial charge in [-0.2, -0.15) is 0 Å². The monoisotopic (exact) mass is 320 g/mol. The van der Waals surface area contributed by atoms with Crippen molar-refractivity contribution in [1.29, 1.82) is 0 Å². The lowest BCUT2D eigenvalue weighted by molar-refractivity contribution is -0.116. The molecule has 1 aliphatic rings. The lowest BCUT2D eigenvalue weighted by atomic mass is 9.90. The van der Waals surface area contributed by atoms with Crippen molar-refractivity contribution in [3.63, 3.8) is 0 Å². The fourth-order valence-electron chi connectivity index (χ4n) is 3.01. The number of benzene rings is 1. The van der Waals surface area contributed by atoms with Crippen LogP contribution in [0.15, 0.2) is 55.1 Å². The van der Waals surface area contributed by atoms with Crippen molar-refractivity contribution in [1.82, 2.24) is 14.5 Å². The molecule has 0 bridgehead atoms. The van der Waals surface area contributed by atoms with Gasteiger partial charge in [-0.1, -0.05) is 12.1 Å². The number of amides is 1. The topological polar surface area (TPSA) is 69.0 Å². The minimum Gasteiger partial charge on any atom is -0.497 e. The maximum atomic E-state index is 12.2. The van der Waals surface area contributed by atoms with Crippen LogP contribution in [0.4, 0.5) is 5.82 Å². The molecule has 1 atom stereocenters. The number of carbonyl (C=O) groups excluding carboxylic acids is 1. The number of imidazole rings is 1. The van der Waals surface area contributed by atoms with E-state index in [0.29, 0.717) is 12.2 Å². The zero-order valence-electron chi connectivity index (χ0n) is 13.1. The first-order valence-electron chi connectivity index (χ1n) is 7.67. The lowest BCUT2D eigenvalue weighted by Gasteiger charge is -2.23. The van der Waals surface area contributed by atoms with Crippen molar-refractivity contribution < 1.29 is 9.53 Å². The molecule has 1 aromatic carbocycles. The summed E-state index contributed by atoms with van der Waals surface area (Å²) in [5.74, 6) is 1.41. The molecule has 1 aliphatic heterocycles. The van der Waals surface area contributed by atoms with E-state index in [-0.39, 0.29) is 11.8 Å². The highest BCUT2D eigenvalue weighted by Gasteiger charge is 2.30. The fourth-order valence-corrected chi connectivity index (χ4v) is 3.01. The number of pyridine rings is 1. The summed E-state index contributed by atoms with van der Waals surface area (Å²) in [5, 5.41) is 2.94. The van der Waals surface area contributed by atoms with E-state index >= 15 is 0 Å². The largest absolute Gasteiger partial charge is 0.497 e. The summed E-state index contributed by atoms with van der Waals surface area (Å²) < 4.78 is 7.06. The Labute approximate surface area is 139 Å². The summed E-state index contributed by atoms with van der Waals surface area (Å²) in [7, 11) is 1.64. The van der Waals surface area contributed by atoms with Crippen LogP contribution in [0.1, 0.15) is 23.6 Å². The van der Waals surface area contributed by atoms with Gasteiger partial charge in [0.05, 0.1) is 24.7 Å². The molecule has 3 heterocycles. The SMILES string of the molecule is COc1ccc([C@@H]2CC(=O)Nc3c2ncn3-c2cccnc2)cc1. The second kappa shape index (κ2) is 5.81. The van der Waals surface area contributed by atoms with Gasteiger partial charge in [0.15, 0.2) is 0 Å². The highest BCUT2D eigenvalue weighted by Crippen LogP contribution is 2.37. The molecule has 2 aromatic heterocycles. The van der Waals surface area contributed by atoms with E-state index in [0.717, 1.165) is 22.7 Å². The number of aromatic nitrogens is 3. The predicted octanol–water partition coefficient (Wildman–Crippen LogP) is 2.75. The maximum Gasteiger partial charge on any atom is 0.226 e. The van der Waals surface area contributed by atoms with Gasteiger partial charge >= 0.3 is 0 Å². The summed E-state index contributed by atoms with van der Waals surface area (Å²) >= 11 is 0. The molecule has 1 N–H and O–H groups in total. The molecule has 6 nitrogen and oxygen atoms in total. The van der Waals surface area contributed by atoms with Crippen LogP contribution in [0.25, 0.3) is 5.69 Å². The number of methoxy groups -OCH3 is 1. The van der Waals surface area contributed by atoms with E-state index < -0.39 is 0 Å². The van der Waals surface area contributed by atoms with Crippen LogP contribution < -0.4 is 10.1 Å². The Morgan fingerprint density at radius 3 is 2.79 bits per heavy atom. The zero-order valence-corrected chi connectivity index (χ0v) is 13.1. The highest BCUT2D eigenvalue weighted by atomic mass is 16.5. The van der Waals surface area contributed by atoms with Crippen molar-refractivity contribution in [2.75, 3.05) is 12.4 Å². The predicted molar refractivity (Wildman–Crippen MR) is 89.4 cm³/mol. The van der Waals surface area contributed by atoms with Gasteiger partial charge in [-0.05, 0) is 29.8 Å². The Hall–Kier alpha value is -3.15. The normalized spacial score (nSPS) is 16.4. The molecule has 3 aromatic rings. The second-order valence-corrected chi connectivity index (χ2v) is 5.64. The first-order chi connectivity index (χ1) is 11.8. The maximum absolute atomic E-state index is 12.2. The number of anilines is 1. The standard InChI is InChI=1S/C18H16N4O2/c1-24-14-6-4-12(5-7-14)15-9-16(23)21-18-17(15)20-11-22(18)13-3-2-8-19-10-13/h2-8,10-11,15H,9H2,1H3,(H,21,23)/t15-/m0/s1.